The summed E-state index contributed by atoms with van der Waals surface area (Å²) < 4.78 is 0. The first-order valence-corrected chi connectivity index (χ1v) is 8.44. The van der Waals surface area contributed by atoms with Gasteiger partial charge < -0.3 is 15.7 Å². The molecule has 1 fully saturated rings. The number of urea groups is 1. The van der Waals surface area contributed by atoms with Gasteiger partial charge in [-0.3, -0.25) is 0 Å². The monoisotopic (exact) mass is 296 g/mol. The van der Waals surface area contributed by atoms with Crippen LogP contribution in [0.4, 0.5) is 4.79 Å². The first kappa shape index (κ1) is 15.3. The molecule has 0 bridgehead atoms. The molecule has 4 nitrogen and oxygen atoms in total. The Kier molecular flexibility index (Phi) is 6.33. The smallest absolute Gasteiger partial charge is 0.315 e. The van der Waals surface area contributed by atoms with Crippen LogP contribution in [0.1, 0.15) is 56.6 Å². The first-order valence-electron chi connectivity index (χ1n) is 7.50. The van der Waals surface area contributed by atoms with Gasteiger partial charge in [0.25, 0.3) is 0 Å². The van der Waals surface area contributed by atoms with E-state index in [1.54, 1.807) is 11.3 Å². The number of aliphatic hydroxyl groups is 1. The Morgan fingerprint density at radius 1 is 1.30 bits per heavy atom. The molecule has 1 aromatic heterocycles. The summed E-state index contributed by atoms with van der Waals surface area (Å²) in [4.78, 5) is 11.9. The second kappa shape index (κ2) is 8.27. The van der Waals surface area contributed by atoms with Gasteiger partial charge in [0.1, 0.15) is 0 Å². The molecule has 20 heavy (non-hydrogen) atoms. The molecular weight excluding hydrogens is 272 g/mol. The summed E-state index contributed by atoms with van der Waals surface area (Å²) in [6, 6.07) is 2.00. The minimum Gasteiger partial charge on any atom is -0.387 e. The summed E-state index contributed by atoms with van der Waals surface area (Å²) in [6.07, 6.45) is 7.79. The largest absolute Gasteiger partial charge is 0.387 e. The van der Waals surface area contributed by atoms with Crippen LogP contribution in [-0.4, -0.2) is 23.7 Å². The minimum absolute atomic E-state index is 0.162. The molecule has 1 aromatic rings. The van der Waals surface area contributed by atoms with Crippen LogP contribution in [0.25, 0.3) is 0 Å². The molecule has 0 radical (unpaired) electrons. The van der Waals surface area contributed by atoms with Crippen LogP contribution >= 0.6 is 11.3 Å². The van der Waals surface area contributed by atoms with Gasteiger partial charge in [0.2, 0.25) is 0 Å². The SMILES string of the molecule is O=C(NCC(O)c1ccsc1)NC1CCCCCCC1. The molecule has 1 atom stereocenters. The molecule has 1 aliphatic rings. The Morgan fingerprint density at radius 2 is 2.00 bits per heavy atom. The normalized spacial score (nSPS) is 18.9. The molecule has 0 saturated heterocycles. The molecule has 3 N–H and O–H groups in total. The summed E-state index contributed by atoms with van der Waals surface area (Å²) in [5.41, 5.74) is 0.862. The van der Waals surface area contributed by atoms with Crippen LogP contribution in [-0.2, 0) is 0 Å². The Balaban J connectivity index is 1.68. The summed E-state index contributed by atoms with van der Waals surface area (Å²) in [5.74, 6) is 0. The zero-order valence-electron chi connectivity index (χ0n) is 11.8. The van der Waals surface area contributed by atoms with Gasteiger partial charge in [0.05, 0.1) is 6.10 Å². The maximum Gasteiger partial charge on any atom is 0.315 e. The lowest BCUT2D eigenvalue weighted by molar-refractivity contribution is 0.172. The van der Waals surface area contributed by atoms with Crippen LogP contribution in [0.5, 0.6) is 0 Å². The number of rotatable bonds is 4. The van der Waals surface area contributed by atoms with E-state index in [0.717, 1.165) is 18.4 Å². The Labute approximate surface area is 124 Å². The van der Waals surface area contributed by atoms with Crippen molar-refractivity contribution in [2.75, 3.05) is 6.54 Å². The number of aliphatic hydroxyl groups excluding tert-OH is 1. The Bertz CT molecular complexity index is 387. The van der Waals surface area contributed by atoms with Gasteiger partial charge in [-0.2, -0.15) is 11.3 Å². The fraction of sp³-hybridized carbons (Fsp3) is 0.667. The molecule has 0 spiro atoms. The second-order valence-electron chi connectivity index (χ2n) is 5.47. The van der Waals surface area contributed by atoms with Crippen molar-refractivity contribution in [2.24, 2.45) is 0 Å². The van der Waals surface area contributed by atoms with Crippen molar-refractivity contribution >= 4 is 17.4 Å². The molecule has 5 heteroatoms. The molecule has 2 amide bonds. The van der Waals surface area contributed by atoms with E-state index in [2.05, 4.69) is 10.6 Å². The van der Waals surface area contributed by atoms with E-state index in [1.165, 1.54) is 32.1 Å². The molecule has 1 unspecified atom stereocenters. The van der Waals surface area contributed by atoms with Gasteiger partial charge in [0.15, 0.2) is 0 Å². The van der Waals surface area contributed by atoms with E-state index < -0.39 is 6.10 Å². The van der Waals surface area contributed by atoms with Crippen molar-refractivity contribution in [3.8, 4) is 0 Å². The third-order valence-corrected chi connectivity index (χ3v) is 4.53. The topological polar surface area (TPSA) is 61.4 Å². The second-order valence-corrected chi connectivity index (χ2v) is 6.25. The number of hydrogen-bond acceptors (Lipinski definition) is 3. The molecule has 1 heterocycles. The standard InChI is InChI=1S/C15H24N2O2S/c18-14(12-8-9-20-11-12)10-16-15(19)17-13-6-4-2-1-3-5-7-13/h8-9,11,13-14,18H,1-7,10H2,(H2,16,17,19). The lowest BCUT2D eigenvalue weighted by atomic mass is 9.97. The van der Waals surface area contributed by atoms with Gasteiger partial charge in [-0.05, 0) is 35.2 Å². The lowest BCUT2D eigenvalue weighted by Gasteiger charge is -2.21. The molecule has 0 aliphatic heterocycles. The number of carbonyl (C=O) groups is 1. The number of hydrogen-bond donors (Lipinski definition) is 3. The first-order chi connectivity index (χ1) is 9.75. The number of amides is 2. The highest BCUT2D eigenvalue weighted by molar-refractivity contribution is 7.07. The minimum atomic E-state index is -0.621. The highest BCUT2D eigenvalue weighted by atomic mass is 32.1. The molecular formula is C15H24N2O2S. The predicted molar refractivity (Wildman–Crippen MR) is 81.9 cm³/mol. The number of thiophene rings is 1. The molecule has 2 rings (SSSR count). The summed E-state index contributed by atoms with van der Waals surface area (Å²) in [5, 5.41) is 19.5. The summed E-state index contributed by atoms with van der Waals surface area (Å²) in [6.45, 7) is 0.259. The van der Waals surface area contributed by atoms with E-state index in [1.807, 2.05) is 16.8 Å². The number of nitrogens with one attached hydrogen (secondary N) is 2. The zero-order chi connectivity index (χ0) is 14.2. The maximum atomic E-state index is 11.9. The van der Waals surface area contributed by atoms with Crippen LogP contribution in [0.3, 0.4) is 0 Å². The fourth-order valence-electron chi connectivity index (χ4n) is 2.61. The highest BCUT2D eigenvalue weighted by Gasteiger charge is 2.15. The highest BCUT2D eigenvalue weighted by Crippen LogP contribution is 2.17. The van der Waals surface area contributed by atoms with Crippen molar-refractivity contribution in [3.05, 3.63) is 22.4 Å². The van der Waals surface area contributed by atoms with E-state index in [9.17, 15) is 9.90 Å². The third-order valence-electron chi connectivity index (χ3n) is 3.82. The van der Waals surface area contributed by atoms with Gasteiger partial charge in [-0.15, -0.1) is 0 Å². The quantitative estimate of drug-likeness (QED) is 0.799. The van der Waals surface area contributed by atoms with Crippen molar-refractivity contribution in [1.82, 2.24) is 10.6 Å². The summed E-state index contributed by atoms with van der Waals surface area (Å²) in [7, 11) is 0. The van der Waals surface area contributed by atoms with Gasteiger partial charge in [-0.1, -0.05) is 32.1 Å². The average molecular weight is 296 g/mol. The lowest BCUT2D eigenvalue weighted by Crippen LogP contribution is -2.43. The van der Waals surface area contributed by atoms with Crippen molar-refractivity contribution < 1.29 is 9.90 Å². The van der Waals surface area contributed by atoms with Crippen LogP contribution in [0.15, 0.2) is 16.8 Å². The van der Waals surface area contributed by atoms with Gasteiger partial charge in [0, 0.05) is 12.6 Å². The van der Waals surface area contributed by atoms with Crippen LogP contribution in [0.2, 0.25) is 0 Å². The zero-order valence-corrected chi connectivity index (χ0v) is 12.6. The van der Waals surface area contributed by atoms with Crippen molar-refractivity contribution in [1.29, 1.82) is 0 Å². The summed E-state index contributed by atoms with van der Waals surface area (Å²) >= 11 is 1.55. The Morgan fingerprint density at radius 3 is 2.65 bits per heavy atom. The van der Waals surface area contributed by atoms with E-state index in [-0.39, 0.29) is 18.6 Å². The van der Waals surface area contributed by atoms with E-state index >= 15 is 0 Å². The molecule has 112 valence electrons. The predicted octanol–water partition coefficient (Wildman–Crippen LogP) is 3.19. The fourth-order valence-corrected chi connectivity index (χ4v) is 3.32. The van der Waals surface area contributed by atoms with E-state index in [0.29, 0.717) is 0 Å². The van der Waals surface area contributed by atoms with Crippen LogP contribution in [0, 0.1) is 0 Å². The van der Waals surface area contributed by atoms with E-state index in [4.69, 9.17) is 0 Å². The van der Waals surface area contributed by atoms with Crippen molar-refractivity contribution in [2.45, 2.75) is 57.1 Å². The Hall–Kier alpha value is -1.07. The third kappa shape index (κ3) is 5.13. The van der Waals surface area contributed by atoms with Crippen molar-refractivity contribution in [3.63, 3.8) is 0 Å². The molecule has 0 aromatic carbocycles. The van der Waals surface area contributed by atoms with Crippen LogP contribution < -0.4 is 10.6 Å². The number of carbonyl (C=O) groups excluding carboxylic acids is 1. The maximum absolute atomic E-state index is 11.9. The average Bonchev–Trinajstić information content (AvgIpc) is 2.93. The van der Waals surface area contributed by atoms with Gasteiger partial charge in [-0.25, -0.2) is 4.79 Å². The van der Waals surface area contributed by atoms with Gasteiger partial charge >= 0.3 is 6.03 Å². The molecule has 1 aliphatic carbocycles. The molecule has 1 saturated carbocycles.